The smallest absolute Gasteiger partial charge is 0.325 e. The summed E-state index contributed by atoms with van der Waals surface area (Å²) in [5.74, 6) is -0.144. The van der Waals surface area contributed by atoms with Crippen molar-refractivity contribution in [2.45, 2.75) is 31.0 Å². The first kappa shape index (κ1) is 12.9. The van der Waals surface area contributed by atoms with Crippen molar-refractivity contribution in [3.8, 4) is 0 Å². The summed E-state index contributed by atoms with van der Waals surface area (Å²) in [6, 6.07) is 0. The number of carboxylic acid groups (broad SMARTS) is 1. The lowest BCUT2D eigenvalue weighted by Gasteiger charge is -2.00. The van der Waals surface area contributed by atoms with E-state index >= 15 is 0 Å². The highest BCUT2D eigenvalue weighted by atomic mass is 32.2. The van der Waals surface area contributed by atoms with Gasteiger partial charge < -0.3 is 10.2 Å². The summed E-state index contributed by atoms with van der Waals surface area (Å²) in [6.45, 7) is -0.00656. The third-order valence-electron chi connectivity index (χ3n) is 1.82. The van der Waals surface area contributed by atoms with Crippen molar-refractivity contribution >= 4 is 17.7 Å². The zero-order valence-corrected chi connectivity index (χ0v) is 9.56. The van der Waals surface area contributed by atoms with Crippen LogP contribution in [0.1, 0.15) is 19.3 Å². The molecule has 0 aliphatic heterocycles. The van der Waals surface area contributed by atoms with Gasteiger partial charge in [0.15, 0.2) is 0 Å². The van der Waals surface area contributed by atoms with Crippen LogP contribution in [0.25, 0.3) is 0 Å². The van der Waals surface area contributed by atoms with Gasteiger partial charge in [0.2, 0.25) is 5.16 Å². The fourth-order valence-corrected chi connectivity index (χ4v) is 1.96. The highest BCUT2D eigenvalue weighted by molar-refractivity contribution is 7.99. The average Bonchev–Trinajstić information content (AvgIpc) is 2.64. The van der Waals surface area contributed by atoms with E-state index in [1.807, 2.05) is 0 Å². The molecule has 1 heterocycles. The summed E-state index contributed by atoms with van der Waals surface area (Å²) in [4.78, 5) is 10.5. The van der Waals surface area contributed by atoms with Crippen LogP contribution < -0.4 is 0 Å². The molecular formula is C8H14N4O3S. The normalized spacial score (nSPS) is 10.6. The zero-order valence-electron chi connectivity index (χ0n) is 8.74. The van der Waals surface area contributed by atoms with E-state index < -0.39 is 5.97 Å². The van der Waals surface area contributed by atoms with Gasteiger partial charge in [-0.3, -0.25) is 4.79 Å². The molecule has 90 valence electrons. The van der Waals surface area contributed by atoms with Crippen LogP contribution in [0.4, 0.5) is 0 Å². The minimum atomic E-state index is -0.963. The molecule has 0 fully saturated rings. The van der Waals surface area contributed by atoms with Crippen LogP contribution in [-0.4, -0.2) is 48.7 Å². The van der Waals surface area contributed by atoms with Crippen molar-refractivity contribution in [2.75, 3.05) is 12.4 Å². The predicted octanol–water partition coefficient (Wildman–Crippen LogP) is 0.0124. The second-order valence-electron chi connectivity index (χ2n) is 3.15. The third-order valence-corrected chi connectivity index (χ3v) is 2.86. The number of unbranched alkanes of at least 4 members (excludes halogenated alkanes) is 2. The number of nitrogens with zero attached hydrogens (tertiary/aromatic N) is 4. The van der Waals surface area contributed by atoms with Gasteiger partial charge in [-0.05, 0) is 23.3 Å². The molecule has 0 saturated heterocycles. The molecule has 0 aliphatic rings. The summed E-state index contributed by atoms with van der Waals surface area (Å²) in [7, 11) is 0. The van der Waals surface area contributed by atoms with Crippen molar-refractivity contribution in [1.82, 2.24) is 20.2 Å². The molecule has 7 nitrogen and oxygen atoms in total. The number of tetrazole rings is 1. The number of aliphatic carboxylic acids is 1. The second kappa shape index (κ2) is 7.18. The van der Waals surface area contributed by atoms with Crippen molar-refractivity contribution in [1.29, 1.82) is 0 Å². The molecule has 2 N–H and O–H groups in total. The minimum Gasteiger partial charge on any atom is -0.480 e. The van der Waals surface area contributed by atoms with Crippen molar-refractivity contribution < 1.29 is 15.0 Å². The van der Waals surface area contributed by atoms with Gasteiger partial charge in [0.25, 0.3) is 0 Å². The number of rotatable bonds is 8. The first-order valence-electron chi connectivity index (χ1n) is 4.95. The molecule has 0 atom stereocenters. The van der Waals surface area contributed by atoms with Crippen LogP contribution in [0.15, 0.2) is 5.16 Å². The van der Waals surface area contributed by atoms with E-state index in [0.29, 0.717) is 5.16 Å². The topological polar surface area (TPSA) is 101 Å². The number of carbonyl (C=O) groups is 1. The molecule has 0 aliphatic carbocycles. The molecule has 1 aromatic heterocycles. The number of hydrogen-bond acceptors (Lipinski definition) is 6. The van der Waals surface area contributed by atoms with Crippen molar-refractivity contribution in [3.05, 3.63) is 0 Å². The Balaban J connectivity index is 2.30. The standard InChI is InChI=1S/C8H14N4O3S/c13-4-2-1-3-5-16-8-9-10-11-12(8)6-7(14)15/h13H,1-6H2,(H,14,15). The lowest BCUT2D eigenvalue weighted by Crippen LogP contribution is -2.11. The zero-order chi connectivity index (χ0) is 11.8. The largest absolute Gasteiger partial charge is 0.480 e. The van der Waals surface area contributed by atoms with E-state index in [0.717, 1.165) is 25.0 Å². The first-order valence-corrected chi connectivity index (χ1v) is 5.94. The number of aliphatic hydroxyl groups excluding tert-OH is 1. The summed E-state index contributed by atoms with van der Waals surface area (Å²) in [6.07, 6.45) is 2.69. The van der Waals surface area contributed by atoms with Gasteiger partial charge in [0, 0.05) is 12.4 Å². The number of aliphatic hydroxyl groups is 1. The van der Waals surface area contributed by atoms with Gasteiger partial charge in [-0.25, -0.2) is 4.68 Å². The maximum atomic E-state index is 10.5. The summed E-state index contributed by atoms with van der Waals surface area (Å²) in [5.41, 5.74) is 0. The molecule has 0 radical (unpaired) electrons. The van der Waals surface area contributed by atoms with E-state index in [1.165, 1.54) is 16.4 Å². The highest BCUT2D eigenvalue weighted by Crippen LogP contribution is 2.15. The molecule has 0 unspecified atom stereocenters. The number of thioether (sulfide) groups is 1. The van der Waals surface area contributed by atoms with Crippen molar-refractivity contribution in [3.63, 3.8) is 0 Å². The van der Waals surface area contributed by atoms with Gasteiger partial charge in [-0.15, -0.1) is 5.10 Å². The third kappa shape index (κ3) is 4.58. The van der Waals surface area contributed by atoms with Gasteiger partial charge in [-0.1, -0.05) is 18.2 Å². The molecule has 0 aromatic carbocycles. The van der Waals surface area contributed by atoms with Gasteiger partial charge >= 0.3 is 5.97 Å². The first-order chi connectivity index (χ1) is 7.74. The predicted molar refractivity (Wildman–Crippen MR) is 57.1 cm³/mol. The Labute approximate surface area is 96.8 Å². The Kier molecular flexibility index (Phi) is 5.79. The van der Waals surface area contributed by atoms with Crippen LogP contribution in [0, 0.1) is 0 Å². The Morgan fingerprint density at radius 2 is 2.19 bits per heavy atom. The molecule has 16 heavy (non-hydrogen) atoms. The molecule has 8 heteroatoms. The molecule has 0 amide bonds. The molecular weight excluding hydrogens is 232 g/mol. The van der Waals surface area contributed by atoms with Gasteiger partial charge in [0.05, 0.1) is 0 Å². The SMILES string of the molecule is O=C(O)Cn1nnnc1SCCCCCO. The van der Waals surface area contributed by atoms with E-state index in [4.69, 9.17) is 10.2 Å². The van der Waals surface area contributed by atoms with Gasteiger partial charge in [-0.2, -0.15) is 0 Å². The quantitative estimate of drug-likeness (QED) is 0.492. The molecule has 0 bridgehead atoms. The van der Waals surface area contributed by atoms with Crippen LogP contribution in [0.2, 0.25) is 0 Å². The Morgan fingerprint density at radius 3 is 2.88 bits per heavy atom. The van der Waals surface area contributed by atoms with Crippen LogP contribution >= 0.6 is 11.8 Å². The summed E-state index contributed by atoms with van der Waals surface area (Å²) >= 11 is 1.43. The average molecular weight is 246 g/mol. The van der Waals surface area contributed by atoms with Crippen LogP contribution in [0.5, 0.6) is 0 Å². The number of aromatic nitrogens is 4. The number of hydrogen-bond donors (Lipinski definition) is 2. The molecule has 1 rings (SSSR count). The Hall–Kier alpha value is -1.15. The summed E-state index contributed by atoms with van der Waals surface area (Å²) in [5, 5.41) is 28.5. The van der Waals surface area contributed by atoms with E-state index in [-0.39, 0.29) is 13.2 Å². The van der Waals surface area contributed by atoms with E-state index in [9.17, 15) is 4.79 Å². The molecule has 1 aromatic rings. The lowest BCUT2D eigenvalue weighted by molar-refractivity contribution is -0.138. The van der Waals surface area contributed by atoms with E-state index in [1.54, 1.807) is 0 Å². The van der Waals surface area contributed by atoms with Gasteiger partial charge in [0.1, 0.15) is 6.54 Å². The maximum absolute atomic E-state index is 10.5. The molecule has 0 spiro atoms. The molecule has 0 saturated carbocycles. The Bertz CT molecular complexity index is 331. The van der Waals surface area contributed by atoms with Crippen LogP contribution in [0.3, 0.4) is 0 Å². The monoisotopic (exact) mass is 246 g/mol. The fraction of sp³-hybridized carbons (Fsp3) is 0.750. The highest BCUT2D eigenvalue weighted by Gasteiger charge is 2.09. The number of carboxylic acids is 1. The fourth-order valence-electron chi connectivity index (χ4n) is 1.08. The minimum absolute atomic E-state index is 0.210. The van der Waals surface area contributed by atoms with E-state index in [2.05, 4.69) is 15.5 Å². The summed E-state index contributed by atoms with van der Waals surface area (Å²) < 4.78 is 1.26. The van der Waals surface area contributed by atoms with Crippen molar-refractivity contribution in [2.24, 2.45) is 0 Å². The van der Waals surface area contributed by atoms with Crippen LogP contribution in [-0.2, 0) is 11.3 Å². The second-order valence-corrected chi connectivity index (χ2v) is 4.21. The lowest BCUT2D eigenvalue weighted by atomic mass is 10.3. The maximum Gasteiger partial charge on any atom is 0.325 e. The Morgan fingerprint density at radius 1 is 1.38 bits per heavy atom.